The zero-order chi connectivity index (χ0) is 28.2. The fraction of sp³-hybridized carbons (Fsp3) is 0.276. The Morgan fingerprint density at radius 3 is 2.39 bits per heavy atom. The number of benzene rings is 1. The molecule has 3 atom stereocenters. The van der Waals surface area contributed by atoms with Gasteiger partial charge in [0, 0.05) is 40.9 Å². The van der Waals surface area contributed by atoms with Gasteiger partial charge in [0.25, 0.3) is 5.91 Å². The molecule has 12 nitrogen and oxygen atoms in total. The molecule has 0 radical (unpaired) electrons. The van der Waals surface area contributed by atoms with Gasteiger partial charge in [-0.15, -0.1) is 5.10 Å². The van der Waals surface area contributed by atoms with Crippen LogP contribution in [0.15, 0.2) is 54.9 Å². The Balaban J connectivity index is 1.25. The largest absolute Gasteiger partial charge is 0.479 e. The molecule has 12 heteroatoms. The molecule has 2 saturated heterocycles. The molecule has 0 unspecified atom stereocenters. The molecule has 5 aromatic rings. The second-order valence-electron chi connectivity index (χ2n) is 10.7. The van der Waals surface area contributed by atoms with Gasteiger partial charge < -0.3 is 15.7 Å². The van der Waals surface area contributed by atoms with Gasteiger partial charge in [-0.05, 0) is 38.7 Å². The molecule has 7 rings (SSSR count). The first-order valence-corrected chi connectivity index (χ1v) is 13.5. The van der Waals surface area contributed by atoms with Gasteiger partial charge in [0.1, 0.15) is 5.82 Å². The maximum Gasteiger partial charge on any atom is 0.312 e. The van der Waals surface area contributed by atoms with Crippen molar-refractivity contribution in [3.8, 4) is 28.4 Å². The van der Waals surface area contributed by atoms with Gasteiger partial charge in [0.05, 0.1) is 23.1 Å². The van der Waals surface area contributed by atoms with Crippen LogP contribution in [0.3, 0.4) is 0 Å². The third-order valence-corrected chi connectivity index (χ3v) is 8.24. The van der Waals surface area contributed by atoms with Gasteiger partial charge >= 0.3 is 6.01 Å². The number of anilines is 1. The van der Waals surface area contributed by atoms with E-state index in [0.717, 1.165) is 35.2 Å². The number of aromatic amines is 1. The van der Waals surface area contributed by atoms with Crippen molar-refractivity contribution in [1.82, 2.24) is 39.7 Å². The van der Waals surface area contributed by atoms with Crippen molar-refractivity contribution in [3.05, 3.63) is 71.9 Å². The Bertz CT molecular complexity index is 1780. The van der Waals surface area contributed by atoms with Gasteiger partial charge in [-0.1, -0.05) is 41.5 Å². The number of nitrogens with zero attached hydrogens (tertiary/aromatic N) is 7. The minimum atomic E-state index is -0.392. The van der Waals surface area contributed by atoms with Gasteiger partial charge in [0.2, 0.25) is 5.82 Å². The molecule has 0 saturated carbocycles. The molecular weight excluding hydrogens is 522 g/mol. The van der Waals surface area contributed by atoms with Crippen molar-refractivity contribution in [1.29, 1.82) is 0 Å². The number of aromatic hydroxyl groups is 1. The van der Waals surface area contributed by atoms with Crippen LogP contribution in [0.1, 0.15) is 65.2 Å². The maximum absolute atomic E-state index is 13.2. The summed E-state index contributed by atoms with van der Waals surface area (Å²) >= 11 is 0. The van der Waals surface area contributed by atoms with Crippen LogP contribution in [0.2, 0.25) is 0 Å². The fourth-order valence-corrected chi connectivity index (χ4v) is 6.43. The van der Waals surface area contributed by atoms with Crippen LogP contribution in [-0.2, 0) is 0 Å². The average molecular weight is 550 g/mol. The first-order valence-electron chi connectivity index (χ1n) is 13.5. The van der Waals surface area contributed by atoms with E-state index in [4.69, 9.17) is 10.7 Å². The van der Waals surface area contributed by atoms with Gasteiger partial charge in [0.15, 0.2) is 11.4 Å². The van der Waals surface area contributed by atoms with Crippen molar-refractivity contribution < 1.29 is 14.7 Å². The van der Waals surface area contributed by atoms with Crippen LogP contribution < -0.4 is 5.73 Å². The molecule has 2 aliphatic heterocycles. The number of amides is 1. The second-order valence-corrected chi connectivity index (χ2v) is 10.7. The highest BCUT2D eigenvalue weighted by Crippen LogP contribution is 2.45. The third-order valence-electron chi connectivity index (χ3n) is 8.24. The van der Waals surface area contributed by atoms with Crippen molar-refractivity contribution in [2.45, 2.75) is 50.6 Å². The summed E-state index contributed by atoms with van der Waals surface area (Å²) in [5, 5.41) is 21.3. The summed E-state index contributed by atoms with van der Waals surface area (Å²) in [5.41, 5.74) is 11.6. The normalized spacial score (nSPS) is 20.0. The lowest BCUT2D eigenvalue weighted by atomic mass is 9.85. The van der Waals surface area contributed by atoms with E-state index in [9.17, 15) is 14.7 Å². The molecule has 1 amide bonds. The minimum Gasteiger partial charge on any atom is -0.479 e. The molecule has 41 heavy (non-hydrogen) atoms. The Morgan fingerprint density at radius 2 is 1.76 bits per heavy atom. The smallest absolute Gasteiger partial charge is 0.312 e. The number of H-pyrrole nitrogens is 1. The molecule has 206 valence electrons. The summed E-state index contributed by atoms with van der Waals surface area (Å²) in [7, 11) is 0. The zero-order valence-corrected chi connectivity index (χ0v) is 22.2. The standard InChI is InChI=1S/C29H27N9O3/c1-15(39)23-24(18-11-19-8-9-20(12-18)37(19)28(40)26-34-29(41)36-35-26)33-27-21(14-32-38(27)25(23)30)17-7-10-22(31-13-17)16-5-3-2-4-6-16/h2-7,10,13-14,18-20H,8-9,11-12,30H2,1H3,(H2,34,35,36,41)/t18-,19+,20-. The number of nitrogen functional groups attached to an aromatic ring is 1. The van der Waals surface area contributed by atoms with Gasteiger partial charge in [-0.3, -0.25) is 19.6 Å². The molecule has 2 fully saturated rings. The molecule has 0 spiro atoms. The third kappa shape index (κ3) is 4.10. The summed E-state index contributed by atoms with van der Waals surface area (Å²) in [6.45, 7) is 1.49. The van der Waals surface area contributed by atoms with E-state index < -0.39 is 6.01 Å². The van der Waals surface area contributed by atoms with E-state index in [1.165, 1.54) is 11.4 Å². The summed E-state index contributed by atoms with van der Waals surface area (Å²) in [5.74, 6) is -0.279. The van der Waals surface area contributed by atoms with Crippen LogP contribution in [0.5, 0.6) is 6.01 Å². The molecule has 4 aromatic heterocycles. The molecule has 2 aliphatic rings. The number of hydrogen-bond donors (Lipinski definition) is 3. The molecule has 6 heterocycles. The summed E-state index contributed by atoms with van der Waals surface area (Å²) < 4.78 is 1.52. The summed E-state index contributed by atoms with van der Waals surface area (Å²) in [6, 6.07) is 13.4. The quantitative estimate of drug-likeness (QED) is 0.277. The van der Waals surface area contributed by atoms with E-state index >= 15 is 0 Å². The maximum atomic E-state index is 13.2. The highest BCUT2D eigenvalue weighted by Gasteiger charge is 2.46. The molecule has 1 aromatic carbocycles. The second kappa shape index (κ2) is 9.51. The van der Waals surface area contributed by atoms with E-state index in [0.29, 0.717) is 29.7 Å². The summed E-state index contributed by atoms with van der Waals surface area (Å²) in [6.07, 6.45) is 6.41. The Labute approximate surface area is 234 Å². The fourth-order valence-electron chi connectivity index (χ4n) is 6.43. The number of hydrogen-bond acceptors (Lipinski definition) is 9. The number of nitrogens with two attached hydrogens (primary N) is 1. The minimum absolute atomic E-state index is 0.0156. The van der Waals surface area contributed by atoms with Gasteiger partial charge in [-0.25, -0.2) is 4.98 Å². The highest BCUT2D eigenvalue weighted by molar-refractivity contribution is 6.00. The van der Waals surface area contributed by atoms with Crippen molar-refractivity contribution in [2.24, 2.45) is 0 Å². The molecule has 4 N–H and O–H groups in total. The number of aromatic nitrogens is 7. The first-order chi connectivity index (χ1) is 19.9. The van der Waals surface area contributed by atoms with Crippen molar-refractivity contribution in [3.63, 3.8) is 0 Å². The number of rotatable bonds is 5. The van der Waals surface area contributed by atoms with E-state index in [1.54, 1.807) is 12.4 Å². The number of pyridine rings is 1. The Hall–Kier alpha value is -5.13. The highest BCUT2D eigenvalue weighted by atomic mass is 16.3. The molecular formula is C29H27N9O3. The summed E-state index contributed by atoms with van der Waals surface area (Å²) in [4.78, 5) is 40.1. The number of Topliss-reactive ketones (excluding diaryl/α,β-unsaturated/α-hetero) is 1. The number of ketones is 1. The lowest BCUT2D eigenvalue weighted by molar-refractivity contribution is 0.0555. The lowest BCUT2D eigenvalue weighted by Crippen LogP contribution is -2.46. The average Bonchev–Trinajstić information content (AvgIpc) is 3.68. The number of piperidine rings is 1. The monoisotopic (exact) mass is 549 g/mol. The first kappa shape index (κ1) is 24.9. The SMILES string of the molecule is CC(=O)c1c([C@H]2C[C@H]3CC[C@@H](C2)N3C(=O)c2nnc(O)[nH]2)nc2c(-c3ccc(-c4ccccc4)nc3)cnn2c1N. The van der Waals surface area contributed by atoms with Crippen molar-refractivity contribution in [2.75, 3.05) is 5.73 Å². The van der Waals surface area contributed by atoms with Crippen LogP contribution in [-0.4, -0.2) is 68.5 Å². The van der Waals surface area contributed by atoms with E-state index in [2.05, 4.69) is 25.3 Å². The molecule has 0 aliphatic carbocycles. The van der Waals surface area contributed by atoms with Crippen LogP contribution in [0.25, 0.3) is 28.0 Å². The van der Waals surface area contributed by atoms with Crippen LogP contribution in [0.4, 0.5) is 5.82 Å². The predicted molar refractivity (Wildman–Crippen MR) is 149 cm³/mol. The Kier molecular flexibility index (Phi) is 5.77. The number of carbonyl (C=O) groups excluding carboxylic acids is 2. The number of nitrogens with one attached hydrogen (secondary N) is 1. The van der Waals surface area contributed by atoms with Crippen molar-refractivity contribution >= 4 is 23.2 Å². The van der Waals surface area contributed by atoms with E-state index in [1.807, 2.05) is 47.4 Å². The number of fused-ring (bicyclic) bond motifs is 3. The lowest BCUT2D eigenvalue weighted by Gasteiger charge is -2.38. The zero-order valence-electron chi connectivity index (χ0n) is 22.2. The Morgan fingerprint density at radius 1 is 1.00 bits per heavy atom. The predicted octanol–water partition coefficient (Wildman–Crippen LogP) is 3.62. The van der Waals surface area contributed by atoms with Gasteiger partial charge in [-0.2, -0.15) is 9.61 Å². The van der Waals surface area contributed by atoms with Crippen LogP contribution in [0, 0.1) is 0 Å². The van der Waals surface area contributed by atoms with Crippen LogP contribution >= 0.6 is 0 Å². The molecule has 2 bridgehead atoms. The topological polar surface area (TPSA) is 168 Å². The number of carbonyl (C=O) groups is 2. The van der Waals surface area contributed by atoms with E-state index in [-0.39, 0.29) is 41.3 Å².